The Labute approximate surface area is 175 Å². The van der Waals surface area contributed by atoms with Gasteiger partial charge in [-0.25, -0.2) is 0 Å². The summed E-state index contributed by atoms with van der Waals surface area (Å²) in [6, 6.07) is 10.3. The summed E-state index contributed by atoms with van der Waals surface area (Å²) in [5.74, 6) is 1.20. The number of aromatic nitrogens is 1. The fourth-order valence-electron chi connectivity index (χ4n) is 3.40. The molecule has 1 aromatic carbocycles. The zero-order chi connectivity index (χ0) is 21.5. The van der Waals surface area contributed by atoms with E-state index in [0.717, 1.165) is 18.6 Å². The maximum atomic E-state index is 12.6. The zero-order valence-electron chi connectivity index (χ0n) is 17.3. The molecule has 1 aromatic heterocycles. The highest BCUT2D eigenvalue weighted by molar-refractivity contribution is 5.93. The van der Waals surface area contributed by atoms with E-state index in [1.54, 1.807) is 61.7 Å². The molecular weight excluding hydrogens is 386 g/mol. The van der Waals surface area contributed by atoms with Crippen molar-refractivity contribution in [1.29, 1.82) is 0 Å². The molecule has 30 heavy (non-hydrogen) atoms. The van der Waals surface area contributed by atoms with E-state index in [4.69, 9.17) is 9.47 Å². The highest BCUT2D eigenvalue weighted by atomic mass is 16.5. The van der Waals surface area contributed by atoms with Gasteiger partial charge in [0.2, 0.25) is 0 Å². The summed E-state index contributed by atoms with van der Waals surface area (Å²) in [6.45, 7) is 1.63. The Hall–Kier alpha value is -3.29. The molecule has 0 atom stereocenters. The summed E-state index contributed by atoms with van der Waals surface area (Å²) in [6.07, 6.45) is 3.18. The van der Waals surface area contributed by atoms with Gasteiger partial charge < -0.3 is 24.3 Å². The maximum absolute atomic E-state index is 12.6. The number of amides is 2. The van der Waals surface area contributed by atoms with Crippen LogP contribution in [0.4, 0.5) is 0 Å². The number of ether oxygens (including phenoxy) is 2. The first-order valence-corrected chi connectivity index (χ1v) is 9.96. The molecule has 2 aromatic rings. The van der Waals surface area contributed by atoms with Crippen molar-refractivity contribution in [2.45, 2.75) is 12.8 Å². The molecule has 1 fully saturated rings. The number of methoxy groups -OCH3 is 1. The molecule has 1 aliphatic rings. The first kappa shape index (κ1) is 21.4. The van der Waals surface area contributed by atoms with Crippen molar-refractivity contribution < 1.29 is 19.1 Å². The molecule has 2 amide bonds. The predicted octanol–water partition coefficient (Wildman–Crippen LogP) is 1.44. The van der Waals surface area contributed by atoms with Crippen molar-refractivity contribution in [3.63, 3.8) is 0 Å². The molecule has 1 saturated heterocycles. The number of aryl methyl sites for hydroxylation is 1. The molecule has 160 valence electrons. The number of benzene rings is 1. The molecule has 3 rings (SSSR count). The van der Waals surface area contributed by atoms with Crippen molar-refractivity contribution in [1.82, 2.24) is 14.8 Å². The predicted molar refractivity (Wildman–Crippen MR) is 112 cm³/mol. The Bertz CT molecular complexity index is 931. The summed E-state index contributed by atoms with van der Waals surface area (Å²) in [4.78, 5) is 38.5. The summed E-state index contributed by atoms with van der Waals surface area (Å²) >= 11 is 0. The van der Waals surface area contributed by atoms with Crippen molar-refractivity contribution >= 4 is 11.8 Å². The number of hydrogen-bond donors (Lipinski definition) is 1. The lowest BCUT2D eigenvalue weighted by atomic mass is 9.96. The van der Waals surface area contributed by atoms with Crippen LogP contribution in [-0.4, -0.2) is 54.6 Å². The van der Waals surface area contributed by atoms with Crippen molar-refractivity contribution in [2.24, 2.45) is 13.0 Å². The number of rotatable bonds is 7. The van der Waals surface area contributed by atoms with E-state index in [1.165, 1.54) is 4.57 Å². The second-order valence-corrected chi connectivity index (χ2v) is 7.34. The quantitative estimate of drug-likeness (QED) is 0.742. The van der Waals surface area contributed by atoms with Crippen molar-refractivity contribution in [2.75, 3.05) is 33.4 Å². The minimum Gasteiger partial charge on any atom is -0.497 e. The molecule has 0 radical (unpaired) electrons. The third-order valence-corrected chi connectivity index (χ3v) is 5.27. The van der Waals surface area contributed by atoms with Crippen LogP contribution in [0.3, 0.4) is 0 Å². The van der Waals surface area contributed by atoms with Gasteiger partial charge in [0.05, 0.1) is 7.11 Å². The molecule has 2 heterocycles. The average Bonchev–Trinajstić information content (AvgIpc) is 2.78. The van der Waals surface area contributed by atoms with E-state index in [-0.39, 0.29) is 35.5 Å². The van der Waals surface area contributed by atoms with E-state index in [9.17, 15) is 14.4 Å². The van der Waals surface area contributed by atoms with Gasteiger partial charge in [-0.1, -0.05) is 0 Å². The van der Waals surface area contributed by atoms with E-state index in [1.807, 2.05) is 0 Å². The number of nitrogens with one attached hydrogen (secondary N) is 1. The Morgan fingerprint density at radius 3 is 2.43 bits per heavy atom. The Balaban J connectivity index is 1.40. The van der Waals surface area contributed by atoms with Crippen molar-refractivity contribution in [3.05, 3.63) is 58.5 Å². The summed E-state index contributed by atoms with van der Waals surface area (Å²) in [5.41, 5.74) is -0.0869. The first-order valence-electron chi connectivity index (χ1n) is 9.96. The number of pyridine rings is 1. The minimum absolute atomic E-state index is 0.0546. The topological polar surface area (TPSA) is 89.9 Å². The fourth-order valence-corrected chi connectivity index (χ4v) is 3.40. The van der Waals surface area contributed by atoms with Gasteiger partial charge in [-0.3, -0.25) is 14.4 Å². The number of nitrogens with zero attached hydrogens (tertiary/aromatic N) is 2. The van der Waals surface area contributed by atoms with Gasteiger partial charge in [0, 0.05) is 32.9 Å². The van der Waals surface area contributed by atoms with Crippen LogP contribution in [0.2, 0.25) is 0 Å². The number of likely N-dealkylation sites (tertiary alicyclic amines) is 1. The Kier molecular flexibility index (Phi) is 7.11. The van der Waals surface area contributed by atoms with Gasteiger partial charge >= 0.3 is 0 Å². The molecule has 1 aliphatic heterocycles. The van der Waals surface area contributed by atoms with Gasteiger partial charge in [0.15, 0.2) is 6.61 Å². The van der Waals surface area contributed by atoms with E-state index < -0.39 is 0 Å². The van der Waals surface area contributed by atoms with Gasteiger partial charge in [-0.05, 0) is 55.2 Å². The largest absolute Gasteiger partial charge is 0.497 e. The van der Waals surface area contributed by atoms with Crippen LogP contribution in [0.25, 0.3) is 0 Å². The number of piperidine rings is 1. The highest BCUT2D eigenvalue weighted by Crippen LogP contribution is 2.18. The zero-order valence-corrected chi connectivity index (χ0v) is 17.3. The number of carbonyl (C=O) groups excluding carboxylic acids is 2. The Morgan fingerprint density at radius 2 is 1.77 bits per heavy atom. The van der Waals surface area contributed by atoms with Crippen LogP contribution in [0, 0.1) is 5.92 Å². The molecule has 0 aliphatic carbocycles. The molecule has 8 nitrogen and oxygen atoms in total. The van der Waals surface area contributed by atoms with Crippen LogP contribution in [0.15, 0.2) is 47.4 Å². The minimum atomic E-state index is -0.284. The second kappa shape index (κ2) is 9.96. The number of hydrogen-bond acceptors (Lipinski definition) is 5. The third kappa shape index (κ3) is 5.40. The van der Waals surface area contributed by atoms with Crippen LogP contribution in [0.1, 0.15) is 23.2 Å². The third-order valence-electron chi connectivity index (χ3n) is 5.27. The van der Waals surface area contributed by atoms with Crippen LogP contribution in [0.5, 0.6) is 11.5 Å². The van der Waals surface area contributed by atoms with Gasteiger partial charge in [0.25, 0.3) is 17.4 Å². The summed E-state index contributed by atoms with van der Waals surface area (Å²) < 4.78 is 12.0. The standard InChI is InChI=1S/C22H27N3O5/c1-24-11-3-4-19(21(24)27)22(28)25-12-9-16(10-13-25)14-23-20(26)15-30-18-7-5-17(29-2)6-8-18/h3-8,11,16H,9-10,12-15H2,1-2H3,(H,23,26). The molecule has 1 N–H and O–H groups in total. The molecule has 0 spiro atoms. The smallest absolute Gasteiger partial charge is 0.263 e. The summed E-state index contributed by atoms with van der Waals surface area (Å²) in [5, 5.41) is 2.89. The lowest BCUT2D eigenvalue weighted by Gasteiger charge is -2.32. The molecule has 0 unspecified atom stereocenters. The van der Waals surface area contributed by atoms with Crippen LogP contribution in [-0.2, 0) is 11.8 Å². The van der Waals surface area contributed by atoms with E-state index in [0.29, 0.717) is 25.4 Å². The Morgan fingerprint density at radius 1 is 1.10 bits per heavy atom. The SMILES string of the molecule is COc1ccc(OCC(=O)NCC2CCN(C(=O)c3cccn(C)c3=O)CC2)cc1. The first-order chi connectivity index (χ1) is 14.5. The van der Waals surface area contributed by atoms with E-state index in [2.05, 4.69) is 5.32 Å². The number of carbonyl (C=O) groups is 2. The highest BCUT2D eigenvalue weighted by Gasteiger charge is 2.25. The van der Waals surface area contributed by atoms with Gasteiger partial charge in [-0.15, -0.1) is 0 Å². The normalized spacial score (nSPS) is 14.3. The van der Waals surface area contributed by atoms with Gasteiger partial charge in [-0.2, -0.15) is 0 Å². The van der Waals surface area contributed by atoms with Gasteiger partial charge in [0.1, 0.15) is 17.1 Å². The molecular formula is C22H27N3O5. The monoisotopic (exact) mass is 413 g/mol. The lowest BCUT2D eigenvalue weighted by molar-refractivity contribution is -0.123. The van der Waals surface area contributed by atoms with E-state index >= 15 is 0 Å². The van der Waals surface area contributed by atoms with Crippen LogP contribution < -0.4 is 20.3 Å². The van der Waals surface area contributed by atoms with Crippen molar-refractivity contribution in [3.8, 4) is 11.5 Å². The maximum Gasteiger partial charge on any atom is 0.263 e. The average molecular weight is 413 g/mol. The molecule has 0 saturated carbocycles. The molecule has 8 heteroatoms. The summed E-state index contributed by atoms with van der Waals surface area (Å²) in [7, 11) is 3.22. The fraction of sp³-hybridized carbons (Fsp3) is 0.409. The second-order valence-electron chi connectivity index (χ2n) is 7.34. The van der Waals surface area contributed by atoms with Crippen LogP contribution >= 0.6 is 0 Å². The lowest BCUT2D eigenvalue weighted by Crippen LogP contribution is -2.43. The molecule has 0 bridgehead atoms.